The van der Waals surface area contributed by atoms with Crippen molar-refractivity contribution in [3.05, 3.63) is 112 Å². The number of likely N-dealkylation sites (N-methyl/N-ethyl adjacent to an activating group) is 1. The summed E-state index contributed by atoms with van der Waals surface area (Å²) in [5.41, 5.74) is 5.26. The van der Waals surface area contributed by atoms with Crippen LogP contribution >= 0.6 is 23.1 Å². The summed E-state index contributed by atoms with van der Waals surface area (Å²) in [6.07, 6.45) is 3.63. The minimum atomic E-state index is -0.924. The van der Waals surface area contributed by atoms with Crippen LogP contribution in [0, 0.1) is 17.8 Å². The third kappa shape index (κ3) is 11.2. The second kappa shape index (κ2) is 23.2. The van der Waals surface area contributed by atoms with E-state index in [-0.39, 0.29) is 61.3 Å². The Labute approximate surface area is 387 Å². The first-order valence-corrected chi connectivity index (χ1v) is 24.8. The Morgan fingerprint density at radius 1 is 0.922 bits per heavy atom. The van der Waals surface area contributed by atoms with Crippen molar-refractivity contribution in [2.24, 2.45) is 17.8 Å². The van der Waals surface area contributed by atoms with Crippen LogP contribution in [0.2, 0.25) is 0 Å². The van der Waals surface area contributed by atoms with E-state index in [9.17, 15) is 24.3 Å². The first-order chi connectivity index (χ1) is 30.9. The number of carbonyl (C=O) groups excluding carboxylic acids is 4. The maximum atomic E-state index is 14.5. The SMILES string of the molecule is CC[C@H](C)[C@@H]([C@@H](CC(=O)N1CCC[C@H]1[C@H](OC)[C@@H](C)C(=O)CC(c1nccs1)[C@@H](O)c1ccccc1)OC)N(C)C(=O)[C@H](CSC)CC(=O)OCC1c2ccccc2-c2ccccc21. The van der Waals surface area contributed by atoms with Gasteiger partial charge in [0, 0.05) is 69.3 Å². The van der Waals surface area contributed by atoms with E-state index in [1.165, 1.54) is 23.1 Å². The van der Waals surface area contributed by atoms with Crippen LogP contribution in [0.4, 0.5) is 0 Å². The molecule has 64 heavy (non-hydrogen) atoms. The van der Waals surface area contributed by atoms with E-state index in [0.29, 0.717) is 29.3 Å². The highest BCUT2D eigenvalue weighted by atomic mass is 32.2. The number of hydrogen-bond acceptors (Lipinski definition) is 11. The van der Waals surface area contributed by atoms with E-state index in [1.807, 2.05) is 78.1 Å². The lowest BCUT2D eigenvalue weighted by Gasteiger charge is -2.40. The van der Waals surface area contributed by atoms with E-state index in [4.69, 9.17) is 14.2 Å². The van der Waals surface area contributed by atoms with Gasteiger partial charge in [0.25, 0.3) is 0 Å². The number of ether oxygens (including phenoxy) is 3. The van der Waals surface area contributed by atoms with Crippen molar-refractivity contribution in [2.45, 2.75) is 102 Å². The Balaban J connectivity index is 1.11. The molecule has 1 aliphatic carbocycles. The number of esters is 1. The van der Waals surface area contributed by atoms with E-state index in [0.717, 1.165) is 35.1 Å². The summed E-state index contributed by atoms with van der Waals surface area (Å²) in [6.45, 7) is 6.65. The maximum absolute atomic E-state index is 14.5. The van der Waals surface area contributed by atoms with Crippen molar-refractivity contribution in [3.63, 3.8) is 0 Å². The molecule has 1 saturated heterocycles. The second-order valence-electron chi connectivity index (χ2n) is 17.4. The number of rotatable bonds is 23. The number of amides is 2. The number of aliphatic hydroxyl groups excluding tert-OH is 1. The van der Waals surface area contributed by atoms with Gasteiger partial charge >= 0.3 is 5.97 Å². The fraction of sp³-hybridized carbons (Fsp3) is 0.510. The minimum absolute atomic E-state index is 0.0212. The van der Waals surface area contributed by atoms with Gasteiger partial charge in [-0.3, -0.25) is 19.2 Å². The Hall–Kier alpha value is -4.40. The molecular weight excluding hydrogens is 847 g/mol. The van der Waals surface area contributed by atoms with E-state index >= 15 is 0 Å². The second-order valence-corrected chi connectivity index (χ2v) is 19.2. The van der Waals surface area contributed by atoms with Gasteiger partial charge in [-0.2, -0.15) is 11.8 Å². The third-order valence-electron chi connectivity index (χ3n) is 13.6. The number of carbonyl (C=O) groups is 4. The standard InChI is InChI=1S/C51H65N3O8S2/c1-8-32(2)47(53(4)51(59)35(31-63-7)27-46(57)62-30-41-38-21-14-12-19-36(38)37-20-13-15-22-39(37)41)44(60-5)29-45(56)54-25-16-23-42(54)49(61-6)33(3)43(55)28-40(50-52-24-26-64-50)48(58)34-17-10-9-11-18-34/h9-15,17-22,24,26,32-33,35,40-42,44,47-49,58H,8,16,23,25,27-31H2,1-7H3/t32-,33-,35-,40?,42-,44+,47-,48-,49+/m0/s1. The van der Waals surface area contributed by atoms with E-state index in [2.05, 4.69) is 43.1 Å². The minimum Gasteiger partial charge on any atom is -0.465 e. The summed E-state index contributed by atoms with van der Waals surface area (Å²) in [7, 11) is 4.91. The number of methoxy groups -OCH3 is 2. The fourth-order valence-electron chi connectivity index (χ4n) is 9.96. The summed E-state index contributed by atoms with van der Waals surface area (Å²) in [5, 5.41) is 14.0. The van der Waals surface area contributed by atoms with Crippen LogP contribution in [-0.4, -0.2) is 114 Å². The first kappa shape index (κ1) is 49.0. The lowest BCUT2D eigenvalue weighted by Crippen LogP contribution is -2.54. The molecule has 1 aromatic heterocycles. The number of likely N-dealkylation sites (tertiary alicyclic amines) is 1. The van der Waals surface area contributed by atoms with Crippen LogP contribution in [0.3, 0.4) is 0 Å². The number of Topliss-reactive ketones (excluding diaryl/α,β-unsaturated/α-hetero) is 1. The van der Waals surface area contributed by atoms with Gasteiger partial charge in [0.1, 0.15) is 12.4 Å². The Morgan fingerprint density at radius 3 is 2.17 bits per heavy atom. The highest BCUT2D eigenvalue weighted by molar-refractivity contribution is 7.98. The van der Waals surface area contributed by atoms with Gasteiger partial charge in [-0.15, -0.1) is 11.3 Å². The van der Waals surface area contributed by atoms with E-state index in [1.54, 1.807) is 32.4 Å². The van der Waals surface area contributed by atoms with Crippen molar-refractivity contribution in [1.29, 1.82) is 0 Å². The Kier molecular flexibility index (Phi) is 17.8. The van der Waals surface area contributed by atoms with Crippen LogP contribution in [0.15, 0.2) is 90.4 Å². The molecule has 1 N–H and O–H groups in total. The molecule has 1 fully saturated rings. The van der Waals surface area contributed by atoms with Gasteiger partial charge in [0.2, 0.25) is 11.8 Å². The molecule has 0 saturated carbocycles. The van der Waals surface area contributed by atoms with Gasteiger partial charge in [-0.25, -0.2) is 4.98 Å². The average Bonchev–Trinajstić information content (AvgIpc) is 4.10. The van der Waals surface area contributed by atoms with E-state index < -0.39 is 48.1 Å². The smallest absolute Gasteiger partial charge is 0.306 e. The number of aromatic nitrogens is 1. The topological polar surface area (TPSA) is 136 Å². The predicted octanol–water partition coefficient (Wildman–Crippen LogP) is 8.56. The highest BCUT2D eigenvalue weighted by Gasteiger charge is 2.43. The van der Waals surface area contributed by atoms with Crippen molar-refractivity contribution >= 4 is 46.7 Å². The fourth-order valence-corrected chi connectivity index (χ4v) is 11.4. The van der Waals surface area contributed by atoms with Crippen LogP contribution in [0.1, 0.15) is 98.9 Å². The van der Waals surface area contributed by atoms with Crippen LogP contribution in [0.5, 0.6) is 0 Å². The molecule has 6 rings (SSSR count). The number of fused-ring (bicyclic) bond motifs is 3. The summed E-state index contributed by atoms with van der Waals surface area (Å²) in [6, 6.07) is 24.9. The third-order valence-corrected chi connectivity index (χ3v) is 15.2. The number of thioether (sulfide) groups is 1. The average molecular weight is 912 g/mol. The summed E-state index contributed by atoms with van der Waals surface area (Å²) in [4.78, 5) is 64.6. The van der Waals surface area contributed by atoms with Crippen molar-refractivity contribution in [2.75, 3.05) is 46.4 Å². The van der Waals surface area contributed by atoms with Crippen LogP contribution in [0.25, 0.3) is 11.1 Å². The normalized spacial score (nSPS) is 18.5. The Bertz CT molecular complexity index is 2110. The Morgan fingerprint density at radius 2 is 1.58 bits per heavy atom. The zero-order valence-corrected chi connectivity index (χ0v) is 39.9. The molecule has 2 aliphatic rings. The number of aliphatic hydroxyl groups is 1. The molecule has 0 bridgehead atoms. The molecule has 2 amide bonds. The molecule has 9 atom stereocenters. The van der Waals surface area contributed by atoms with Crippen LogP contribution in [-0.2, 0) is 33.4 Å². The molecule has 0 spiro atoms. The largest absolute Gasteiger partial charge is 0.465 e. The zero-order chi connectivity index (χ0) is 45.9. The summed E-state index contributed by atoms with van der Waals surface area (Å²) >= 11 is 2.92. The van der Waals surface area contributed by atoms with Crippen molar-refractivity contribution < 1.29 is 38.5 Å². The molecule has 4 aromatic rings. The number of ketones is 1. The molecule has 13 heteroatoms. The quantitative estimate of drug-likeness (QED) is 0.0722. The number of benzene rings is 3. The number of hydrogen-bond donors (Lipinski definition) is 1. The molecule has 344 valence electrons. The first-order valence-electron chi connectivity index (χ1n) is 22.5. The molecule has 2 heterocycles. The lowest BCUT2D eigenvalue weighted by atomic mass is 9.84. The van der Waals surface area contributed by atoms with Gasteiger partial charge in [-0.1, -0.05) is 106 Å². The van der Waals surface area contributed by atoms with Gasteiger partial charge in [0.05, 0.1) is 54.2 Å². The van der Waals surface area contributed by atoms with Crippen LogP contribution < -0.4 is 0 Å². The molecule has 11 nitrogen and oxygen atoms in total. The monoisotopic (exact) mass is 911 g/mol. The van der Waals surface area contributed by atoms with Gasteiger partial charge in [0.15, 0.2) is 0 Å². The lowest BCUT2D eigenvalue weighted by molar-refractivity contribution is -0.151. The highest BCUT2D eigenvalue weighted by Crippen LogP contribution is 2.45. The zero-order valence-electron chi connectivity index (χ0n) is 38.3. The number of thiazole rings is 1. The molecule has 1 unspecified atom stereocenters. The summed E-state index contributed by atoms with van der Waals surface area (Å²) in [5.74, 6) is -2.26. The van der Waals surface area contributed by atoms with Gasteiger partial charge in [-0.05, 0) is 52.8 Å². The van der Waals surface area contributed by atoms with Crippen molar-refractivity contribution in [1.82, 2.24) is 14.8 Å². The molecule has 3 aromatic carbocycles. The molecule has 1 aliphatic heterocycles. The molecular formula is C51H65N3O8S2. The van der Waals surface area contributed by atoms with Gasteiger partial charge < -0.3 is 29.1 Å². The van der Waals surface area contributed by atoms with Crippen molar-refractivity contribution in [3.8, 4) is 11.1 Å². The predicted molar refractivity (Wildman–Crippen MR) is 253 cm³/mol. The maximum Gasteiger partial charge on any atom is 0.306 e. The number of nitrogens with zero attached hydrogens (tertiary/aromatic N) is 3. The molecule has 0 radical (unpaired) electrons. The summed E-state index contributed by atoms with van der Waals surface area (Å²) < 4.78 is 18.1.